The van der Waals surface area contributed by atoms with E-state index in [-0.39, 0.29) is 0 Å². The number of halogens is 1. The maximum Gasteiger partial charge on any atom is 0.294 e. The molecule has 0 aliphatic rings. The van der Waals surface area contributed by atoms with Crippen LogP contribution in [0.25, 0.3) is 0 Å². The van der Waals surface area contributed by atoms with Crippen LogP contribution >= 0.6 is 27.3 Å². The molecule has 0 bridgehead atoms. The molecule has 0 N–H and O–H groups in total. The molecule has 15 heavy (non-hydrogen) atoms. The molecule has 0 saturated carbocycles. The Bertz CT molecular complexity index is 441. The average molecular weight is 285 g/mol. The van der Waals surface area contributed by atoms with Gasteiger partial charge in [0, 0.05) is 4.47 Å². The minimum absolute atomic E-state index is 0.530. The second kappa shape index (κ2) is 4.72. The molecule has 2 rings (SSSR count). The van der Waals surface area contributed by atoms with Crippen molar-refractivity contribution in [3.63, 3.8) is 0 Å². The van der Waals surface area contributed by atoms with E-state index in [1.165, 1.54) is 11.3 Å². The van der Waals surface area contributed by atoms with Crippen LogP contribution in [0.3, 0.4) is 0 Å². The summed E-state index contributed by atoms with van der Waals surface area (Å²) in [5.74, 6) is 0. The summed E-state index contributed by atoms with van der Waals surface area (Å²) in [7, 11) is 0. The van der Waals surface area contributed by atoms with Gasteiger partial charge in [-0.3, -0.25) is 0 Å². The fraction of sp³-hybridized carbons (Fsp3) is 0.200. The number of nitrogens with zero attached hydrogens (tertiary/aromatic N) is 2. The Balaban J connectivity index is 1.96. The third-order valence-electron chi connectivity index (χ3n) is 1.78. The van der Waals surface area contributed by atoms with Gasteiger partial charge in [0.1, 0.15) is 11.6 Å². The lowest BCUT2D eigenvalue weighted by Crippen LogP contribution is -1.94. The Morgan fingerprint density at radius 1 is 1.27 bits per heavy atom. The fourth-order valence-electron chi connectivity index (χ4n) is 1.06. The number of benzene rings is 1. The van der Waals surface area contributed by atoms with Crippen molar-refractivity contribution in [3.05, 3.63) is 39.3 Å². The molecule has 78 valence electrons. The van der Waals surface area contributed by atoms with Crippen LogP contribution in [0.5, 0.6) is 5.19 Å². The molecule has 0 unspecified atom stereocenters. The summed E-state index contributed by atoms with van der Waals surface area (Å²) in [6, 6.07) is 8.00. The van der Waals surface area contributed by atoms with E-state index in [4.69, 9.17) is 4.74 Å². The molecule has 0 amide bonds. The van der Waals surface area contributed by atoms with Gasteiger partial charge in [-0.15, -0.1) is 10.2 Å². The Morgan fingerprint density at radius 2 is 2.00 bits per heavy atom. The normalized spacial score (nSPS) is 10.3. The number of hydrogen-bond acceptors (Lipinski definition) is 4. The third-order valence-corrected chi connectivity index (χ3v) is 3.06. The van der Waals surface area contributed by atoms with Crippen LogP contribution in [0.15, 0.2) is 28.7 Å². The zero-order valence-corrected chi connectivity index (χ0v) is 10.5. The molecule has 1 aromatic carbocycles. The molecule has 5 heteroatoms. The second-order valence-electron chi connectivity index (χ2n) is 3.00. The average Bonchev–Trinajstić information content (AvgIpc) is 2.64. The van der Waals surface area contributed by atoms with Gasteiger partial charge in [-0.2, -0.15) is 0 Å². The Hall–Kier alpha value is -0.940. The van der Waals surface area contributed by atoms with Gasteiger partial charge in [0.15, 0.2) is 0 Å². The second-order valence-corrected chi connectivity index (χ2v) is 5.06. The van der Waals surface area contributed by atoms with E-state index in [0.717, 1.165) is 15.0 Å². The molecule has 3 nitrogen and oxygen atoms in total. The van der Waals surface area contributed by atoms with Gasteiger partial charge < -0.3 is 4.74 Å². The summed E-state index contributed by atoms with van der Waals surface area (Å²) in [5.41, 5.74) is 1.12. The van der Waals surface area contributed by atoms with Crippen molar-refractivity contribution in [3.8, 4) is 5.19 Å². The van der Waals surface area contributed by atoms with Crippen molar-refractivity contribution in [2.45, 2.75) is 13.5 Å². The lowest BCUT2D eigenvalue weighted by molar-refractivity contribution is 0.302. The summed E-state index contributed by atoms with van der Waals surface area (Å²) in [5, 5.41) is 9.30. The van der Waals surface area contributed by atoms with Crippen LogP contribution in [0, 0.1) is 6.92 Å². The molecule has 0 aliphatic heterocycles. The Morgan fingerprint density at radius 3 is 2.60 bits per heavy atom. The van der Waals surface area contributed by atoms with Crippen molar-refractivity contribution in [1.29, 1.82) is 0 Å². The number of aryl methyl sites for hydroxylation is 1. The van der Waals surface area contributed by atoms with Crippen LogP contribution in [-0.2, 0) is 6.61 Å². The SMILES string of the molecule is Cc1nnc(OCc2ccc(Br)cc2)s1. The zero-order valence-electron chi connectivity index (χ0n) is 8.11. The molecule has 1 aromatic heterocycles. The number of ether oxygens (including phenoxy) is 1. The molecule has 1 heterocycles. The van der Waals surface area contributed by atoms with E-state index >= 15 is 0 Å². The predicted octanol–water partition coefficient (Wildman–Crippen LogP) is 3.19. The molecule has 0 aliphatic carbocycles. The molecule has 0 atom stereocenters. The smallest absolute Gasteiger partial charge is 0.294 e. The summed E-state index contributed by atoms with van der Waals surface area (Å²) >= 11 is 4.84. The first-order chi connectivity index (χ1) is 7.24. The third kappa shape index (κ3) is 3.00. The molecule has 0 fully saturated rings. The van der Waals surface area contributed by atoms with Gasteiger partial charge in [0.25, 0.3) is 5.19 Å². The lowest BCUT2D eigenvalue weighted by atomic mass is 10.2. The van der Waals surface area contributed by atoms with Gasteiger partial charge >= 0.3 is 0 Å². The van der Waals surface area contributed by atoms with Crippen molar-refractivity contribution >= 4 is 27.3 Å². The molecule has 0 spiro atoms. The summed E-state index contributed by atoms with van der Waals surface area (Å²) in [4.78, 5) is 0. The van der Waals surface area contributed by atoms with Crippen molar-refractivity contribution in [2.24, 2.45) is 0 Å². The first kappa shape index (κ1) is 10.6. The monoisotopic (exact) mass is 284 g/mol. The minimum atomic E-state index is 0.530. The van der Waals surface area contributed by atoms with Crippen molar-refractivity contribution in [1.82, 2.24) is 10.2 Å². The van der Waals surface area contributed by atoms with Gasteiger partial charge in [-0.1, -0.05) is 39.4 Å². The van der Waals surface area contributed by atoms with E-state index in [9.17, 15) is 0 Å². The molecular formula is C10H9BrN2OS. The molecule has 0 radical (unpaired) electrons. The van der Waals surface area contributed by atoms with Crippen molar-refractivity contribution < 1.29 is 4.74 Å². The standard InChI is InChI=1S/C10H9BrN2OS/c1-7-12-13-10(15-7)14-6-8-2-4-9(11)5-3-8/h2-5H,6H2,1H3. The zero-order chi connectivity index (χ0) is 10.7. The van der Waals surface area contributed by atoms with Gasteiger partial charge in [0.05, 0.1) is 0 Å². The number of hydrogen-bond donors (Lipinski definition) is 0. The topological polar surface area (TPSA) is 35.0 Å². The van der Waals surface area contributed by atoms with E-state index in [2.05, 4.69) is 26.1 Å². The fourth-order valence-corrected chi connectivity index (χ4v) is 1.86. The highest BCUT2D eigenvalue weighted by atomic mass is 79.9. The van der Waals surface area contributed by atoms with E-state index < -0.39 is 0 Å². The van der Waals surface area contributed by atoms with Crippen LogP contribution < -0.4 is 4.74 Å². The lowest BCUT2D eigenvalue weighted by Gasteiger charge is -2.01. The largest absolute Gasteiger partial charge is 0.464 e. The van der Waals surface area contributed by atoms with E-state index in [1.54, 1.807) is 0 Å². The quantitative estimate of drug-likeness (QED) is 0.868. The highest BCUT2D eigenvalue weighted by Gasteiger charge is 2.01. The van der Waals surface area contributed by atoms with E-state index in [1.807, 2.05) is 31.2 Å². The Kier molecular flexibility index (Phi) is 3.33. The highest BCUT2D eigenvalue weighted by Crippen LogP contribution is 2.18. The van der Waals surface area contributed by atoms with Crippen LogP contribution in [0.2, 0.25) is 0 Å². The van der Waals surface area contributed by atoms with Crippen molar-refractivity contribution in [2.75, 3.05) is 0 Å². The van der Waals surface area contributed by atoms with Crippen LogP contribution in [-0.4, -0.2) is 10.2 Å². The maximum atomic E-state index is 5.48. The summed E-state index contributed by atoms with van der Waals surface area (Å²) in [6.45, 7) is 2.44. The summed E-state index contributed by atoms with van der Waals surface area (Å²) in [6.07, 6.45) is 0. The molecular weight excluding hydrogens is 276 g/mol. The highest BCUT2D eigenvalue weighted by molar-refractivity contribution is 9.10. The van der Waals surface area contributed by atoms with Gasteiger partial charge in [0.2, 0.25) is 0 Å². The summed E-state index contributed by atoms with van der Waals surface area (Å²) < 4.78 is 6.55. The van der Waals surface area contributed by atoms with Crippen LogP contribution in [0.4, 0.5) is 0 Å². The number of rotatable bonds is 3. The Labute approximate surface area is 100 Å². The molecule has 0 saturated heterocycles. The predicted molar refractivity (Wildman–Crippen MR) is 63.1 cm³/mol. The first-order valence-corrected chi connectivity index (χ1v) is 6.02. The minimum Gasteiger partial charge on any atom is -0.464 e. The van der Waals surface area contributed by atoms with Crippen LogP contribution in [0.1, 0.15) is 10.6 Å². The first-order valence-electron chi connectivity index (χ1n) is 4.41. The van der Waals surface area contributed by atoms with Gasteiger partial charge in [-0.05, 0) is 24.6 Å². The maximum absolute atomic E-state index is 5.48. The van der Waals surface area contributed by atoms with Gasteiger partial charge in [-0.25, -0.2) is 0 Å². The molecule has 2 aromatic rings. The van der Waals surface area contributed by atoms with E-state index in [0.29, 0.717) is 11.8 Å². The number of aromatic nitrogens is 2.